The first-order valence-electron chi connectivity index (χ1n) is 7.52. The van der Waals surface area contributed by atoms with Gasteiger partial charge in [0.15, 0.2) is 0 Å². The van der Waals surface area contributed by atoms with E-state index in [1.54, 1.807) is 6.92 Å². The maximum Gasteiger partial charge on any atom is 0.150 e. The highest BCUT2D eigenvalue weighted by molar-refractivity contribution is 7.91. The summed E-state index contributed by atoms with van der Waals surface area (Å²) in [5, 5.41) is 3.50. The third kappa shape index (κ3) is 6.23. The molecule has 0 aromatic heterocycles. The molecular formula is C14H29NO3S. The second kappa shape index (κ2) is 8.22. The van der Waals surface area contributed by atoms with Crippen LogP contribution in [0, 0.1) is 5.41 Å². The zero-order valence-electron chi connectivity index (χ0n) is 12.4. The van der Waals surface area contributed by atoms with Crippen molar-refractivity contribution in [2.45, 2.75) is 46.0 Å². The first-order valence-corrected chi connectivity index (χ1v) is 9.34. The highest BCUT2D eigenvalue weighted by Crippen LogP contribution is 2.34. The molecule has 0 saturated carbocycles. The topological polar surface area (TPSA) is 55.4 Å². The molecule has 4 nitrogen and oxygen atoms in total. The molecule has 1 N–H and O–H groups in total. The van der Waals surface area contributed by atoms with Gasteiger partial charge in [0.25, 0.3) is 0 Å². The summed E-state index contributed by atoms with van der Waals surface area (Å²) >= 11 is 0. The van der Waals surface area contributed by atoms with Crippen molar-refractivity contribution < 1.29 is 13.2 Å². The van der Waals surface area contributed by atoms with Crippen LogP contribution in [0.25, 0.3) is 0 Å². The third-order valence-electron chi connectivity index (χ3n) is 4.08. The zero-order valence-corrected chi connectivity index (χ0v) is 13.2. The number of sulfone groups is 1. The van der Waals surface area contributed by atoms with E-state index in [0.717, 1.165) is 58.4 Å². The molecule has 0 atom stereocenters. The SMILES string of the molecule is CCCNCC1(CCCS(=O)(=O)CC)CCOCC1. The molecule has 1 aliphatic rings. The van der Waals surface area contributed by atoms with E-state index in [1.165, 1.54) is 0 Å². The smallest absolute Gasteiger partial charge is 0.150 e. The van der Waals surface area contributed by atoms with Crippen LogP contribution in [0.2, 0.25) is 0 Å². The molecular weight excluding hydrogens is 262 g/mol. The Labute approximate surface area is 118 Å². The summed E-state index contributed by atoms with van der Waals surface area (Å²) < 4.78 is 28.6. The lowest BCUT2D eigenvalue weighted by molar-refractivity contribution is 0.0103. The number of rotatable bonds is 9. The van der Waals surface area contributed by atoms with Gasteiger partial charge in [-0.25, -0.2) is 8.42 Å². The molecule has 0 bridgehead atoms. The van der Waals surface area contributed by atoms with E-state index < -0.39 is 9.84 Å². The van der Waals surface area contributed by atoms with Gasteiger partial charge >= 0.3 is 0 Å². The van der Waals surface area contributed by atoms with E-state index in [0.29, 0.717) is 5.75 Å². The number of hydrogen-bond acceptors (Lipinski definition) is 4. The Bertz CT molecular complexity index is 335. The third-order valence-corrected chi connectivity index (χ3v) is 5.87. The molecule has 1 saturated heterocycles. The maximum absolute atomic E-state index is 11.6. The molecule has 0 radical (unpaired) electrons. The van der Waals surface area contributed by atoms with Crippen molar-refractivity contribution in [3.63, 3.8) is 0 Å². The molecule has 0 aliphatic carbocycles. The Morgan fingerprint density at radius 1 is 1.21 bits per heavy atom. The van der Waals surface area contributed by atoms with E-state index in [-0.39, 0.29) is 11.2 Å². The van der Waals surface area contributed by atoms with Crippen LogP contribution in [0.15, 0.2) is 0 Å². The first kappa shape index (κ1) is 16.9. The summed E-state index contributed by atoms with van der Waals surface area (Å²) in [6.07, 6.45) is 5.01. The van der Waals surface area contributed by atoms with E-state index in [9.17, 15) is 8.42 Å². The molecule has 5 heteroatoms. The molecule has 1 aliphatic heterocycles. The van der Waals surface area contributed by atoms with Crippen molar-refractivity contribution in [3.05, 3.63) is 0 Å². The molecule has 0 aromatic rings. The van der Waals surface area contributed by atoms with Crippen LogP contribution >= 0.6 is 0 Å². The molecule has 1 fully saturated rings. The molecule has 19 heavy (non-hydrogen) atoms. The molecule has 1 heterocycles. The fourth-order valence-corrected chi connectivity index (χ4v) is 3.53. The van der Waals surface area contributed by atoms with Crippen LogP contribution in [-0.4, -0.2) is 46.2 Å². The second-order valence-electron chi connectivity index (χ2n) is 5.63. The van der Waals surface area contributed by atoms with Crippen molar-refractivity contribution >= 4 is 9.84 Å². The average Bonchev–Trinajstić information content (AvgIpc) is 2.40. The van der Waals surface area contributed by atoms with Crippen molar-refractivity contribution in [2.75, 3.05) is 37.8 Å². The lowest BCUT2D eigenvalue weighted by atomic mass is 9.76. The molecule has 0 aromatic carbocycles. The molecule has 114 valence electrons. The van der Waals surface area contributed by atoms with Gasteiger partial charge in [-0.3, -0.25) is 0 Å². The Morgan fingerprint density at radius 3 is 2.47 bits per heavy atom. The standard InChI is InChI=1S/C14H29NO3S/c1-3-9-15-13-14(7-10-18-11-8-14)6-5-12-19(16,17)4-2/h15H,3-13H2,1-2H3. The van der Waals surface area contributed by atoms with Crippen LogP contribution in [0.3, 0.4) is 0 Å². The van der Waals surface area contributed by atoms with Gasteiger partial charge in [0.05, 0.1) is 5.75 Å². The number of hydrogen-bond donors (Lipinski definition) is 1. The quantitative estimate of drug-likeness (QED) is 0.660. The van der Waals surface area contributed by atoms with Gasteiger partial charge in [0, 0.05) is 25.5 Å². The Morgan fingerprint density at radius 2 is 1.89 bits per heavy atom. The van der Waals surface area contributed by atoms with E-state index in [1.807, 2.05) is 0 Å². The Kier molecular flexibility index (Phi) is 7.32. The summed E-state index contributed by atoms with van der Waals surface area (Å²) in [4.78, 5) is 0. The lowest BCUT2D eigenvalue weighted by Crippen LogP contribution is -2.39. The van der Waals surface area contributed by atoms with Gasteiger partial charge in [-0.1, -0.05) is 13.8 Å². The first-order chi connectivity index (χ1) is 9.04. The monoisotopic (exact) mass is 291 g/mol. The van der Waals surface area contributed by atoms with Gasteiger partial charge in [-0.2, -0.15) is 0 Å². The van der Waals surface area contributed by atoms with Gasteiger partial charge in [-0.15, -0.1) is 0 Å². The Balaban J connectivity index is 2.45. The van der Waals surface area contributed by atoms with Crippen LogP contribution in [0.4, 0.5) is 0 Å². The summed E-state index contributed by atoms with van der Waals surface area (Å²) in [5.41, 5.74) is 0.247. The van der Waals surface area contributed by atoms with E-state index in [2.05, 4.69) is 12.2 Å². The predicted molar refractivity (Wildman–Crippen MR) is 79.2 cm³/mol. The van der Waals surface area contributed by atoms with Crippen molar-refractivity contribution in [1.29, 1.82) is 0 Å². The highest BCUT2D eigenvalue weighted by Gasteiger charge is 2.32. The van der Waals surface area contributed by atoms with Crippen molar-refractivity contribution in [2.24, 2.45) is 5.41 Å². The van der Waals surface area contributed by atoms with Crippen molar-refractivity contribution in [3.8, 4) is 0 Å². The highest BCUT2D eigenvalue weighted by atomic mass is 32.2. The largest absolute Gasteiger partial charge is 0.381 e. The number of nitrogens with one attached hydrogen (secondary N) is 1. The molecule has 1 rings (SSSR count). The van der Waals surface area contributed by atoms with E-state index in [4.69, 9.17) is 4.74 Å². The van der Waals surface area contributed by atoms with Gasteiger partial charge in [0.1, 0.15) is 9.84 Å². The minimum Gasteiger partial charge on any atom is -0.381 e. The van der Waals surface area contributed by atoms with Gasteiger partial charge in [0.2, 0.25) is 0 Å². The maximum atomic E-state index is 11.6. The van der Waals surface area contributed by atoms with Crippen LogP contribution in [0.5, 0.6) is 0 Å². The van der Waals surface area contributed by atoms with E-state index >= 15 is 0 Å². The summed E-state index contributed by atoms with van der Waals surface area (Å²) in [7, 11) is -2.82. The second-order valence-corrected chi connectivity index (χ2v) is 8.10. The van der Waals surface area contributed by atoms with Crippen LogP contribution in [-0.2, 0) is 14.6 Å². The predicted octanol–water partition coefficient (Wildman–Crippen LogP) is 2.00. The number of ether oxygens (including phenoxy) is 1. The van der Waals surface area contributed by atoms with Crippen LogP contribution in [0.1, 0.15) is 46.0 Å². The fourth-order valence-electron chi connectivity index (χ4n) is 2.66. The molecule has 0 spiro atoms. The average molecular weight is 291 g/mol. The minimum absolute atomic E-state index is 0.247. The van der Waals surface area contributed by atoms with Gasteiger partial charge < -0.3 is 10.1 Å². The summed E-state index contributed by atoms with van der Waals surface area (Å²) in [6.45, 7) is 7.55. The van der Waals surface area contributed by atoms with Gasteiger partial charge in [-0.05, 0) is 44.1 Å². The Hall–Kier alpha value is -0.130. The van der Waals surface area contributed by atoms with Crippen molar-refractivity contribution in [1.82, 2.24) is 5.32 Å². The fraction of sp³-hybridized carbons (Fsp3) is 1.00. The summed E-state index contributed by atoms with van der Waals surface area (Å²) in [6, 6.07) is 0. The van der Waals surface area contributed by atoms with Crippen LogP contribution < -0.4 is 5.32 Å². The molecule has 0 unspecified atom stereocenters. The molecule has 0 amide bonds. The lowest BCUT2D eigenvalue weighted by Gasteiger charge is -2.37. The normalized spacial score (nSPS) is 19.5. The minimum atomic E-state index is -2.82. The zero-order chi connectivity index (χ0) is 14.2. The summed E-state index contributed by atoms with van der Waals surface area (Å²) in [5.74, 6) is 0.594.